The lowest BCUT2D eigenvalue weighted by molar-refractivity contribution is 0.575. The Labute approximate surface area is 124 Å². The summed E-state index contributed by atoms with van der Waals surface area (Å²) >= 11 is 0. The Bertz CT molecular complexity index is 315. The minimum atomic E-state index is -1.54. The summed E-state index contributed by atoms with van der Waals surface area (Å²) in [5.41, 5.74) is 1.48. The third kappa shape index (κ3) is 3.54. The molecule has 0 aliphatic heterocycles. The molecular formula is C16H37NSi2. The molecule has 0 saturated carbocycles. The van der Waals surface area contributed by atoms with E-state index in [4.69, 9.17) is 0 Å². The van der Waals surface area contributed by atoms with Crippen LogP contribution in [0.15, 0.2) is 11.8 Å². The predicted octanol–water partition coefficient (Wildman–Crippen LogP) is 6.22. The van der Waals surface area contributed by atoms with Gasteiger partial charge in [0.2, 0.25) is 0 Å². The predicted molar refractivity (Wildman–Crippen MR) is 95.7 cm³/mol. The van der Waals surface area contributed by atoms with Crippen LogP contribution >= 0.6 is 0 Å². The van der Waals surface area contributed by atoms with Crippen molar-refractivity contribution in [3.63, 3.8) is 0 Å². The first kappa shape index (κ1) is 19.0. The standard InChI is InChI=1S/C16H37NSi2/c1-13-14(2)17(18(9,10)15(3,4)5)19(11,12)16(6,7)8/h13H,1-12H3. The van der Waals surface area contributed by atoms with Crippen LogP contribution in [0.2, 0.25) is 36.3 Å². The molecule has 0 bridgehead atoms. The van der Waals surface area contributed by atoms with E-state index >= 15 is 0 Å². The number of nitrogens with zero attached hydrogens (tertiary/aromatic N) is 1. The van der Waals surface area contributed by atoms with Crippen LogP contribution in [-0.2, 0) is 0 Å². The molecule has 0 aromatic rings. The van der Waals surface area contributed by atoms with Crippen LogP contribution in [0.4, 0.5) is 0 Å². The van der Waals surface area contributed by atoms with Gasteiger partial charge in [-0.2, -0.15) is 0 Å². The van der Waals surface area contributed by atoms with E-state index in [1.165, 1.54) is 5.70 Å². The van der Waals surface area contributed by atoms with Crippen LogP contribution in [0, 0.1) is 0 Å². The molecule has 114 valence electrons. The minimum absolute atomic E-state index is 0.382. The van der Waals surface area contributed by atoms with Gasteiger partial charge < -0.3 is 4.23 Å². The van der Waals surface area contributed by atoms with Gasteiger partial charge >= 0.3 is 0 Å². The van der Waals surface area contributed by atoms with Gasteiger partial charge in [-0.3, -0.25) is 0 Å². The van der Waals surface area contributed by atoms with Gasteiger partial charge in [0.1, 0.15) is 16.5 Å². The van der Waals surface area contributed by atoms with Crippen LogP contribution in [-0.4, -0.2) is 20.7 Å². The summed E-state index contributed by atoms with van der Waals surface area (Å²) in [4.78, 5) is 0. The van der Waals surface area contributed by atoms with Crippen LogP contribution in [0.1, 0.15) is 55.4 Å². The van der Waals surface area contributed by atoms with Crippen LogP contribution < -0.4 is 0 Å². The van der Waals surface area contributed by atoms with Crippen molar-refractivity contribution in [1.82, 2.24) is 4.23 Å². The quantitative estimate of drug-likeness (QED) is 0.559. The third-order valence-electron chi connectivity index (χ3n) is 5.56. The fourth-order valence-electron chi connectivity index (χ4n) is 2.38. The van der Waals surface area contributed by atoms with E-state index in [1.54, 1.807) is 0 Å². The lowest BCUT2D eigenvalue weighted by Gasteiger charge is -2.58. The molecule has 3 heteroatoms. The van der Waals surface area contributed by atoms with Crippen molar-refractivity contribution in [3.05, 3.63) is 11.8 Å². The minimum Gasteiger partial charge on any atom is -0.427 e. The van der Waals surface area contributed by atoms with Crippen molar-refractivity contribution in [2.75, 3.05) is 0 Å². The average Bonchev–Trinajstić information content (AvgIpc) is 2.12. The first-order chi connectivity index (χ1) is 8.10. The van der Waals surface area contributed by atoms with Gasteiger partial charge in [0.15, 0.2) is 0 Å². The van der Waals surface area contributed by atoms with Gasteiger partial charge in [0.25, 0.3) is 0 Å². The maximum Gasteiger partial charge on any atom is 0.146 e. The van der Waals surface area contributed by atoms with Crippen molar-refractivity contribution >= 4 is 16.5 Å². The maximum atomic E-state index is 2.90. The molecule has 0 spiro atoms. The zero-order valence-electron chi connectivity index (χ0n) is 15.5. The van der Waals surface area contributed by atoms with Gasteiger partial charge in [-0.1, -0.05) is 73.8 Å². The fourth-order valence-corrected chi connectivity index (χ4v) is 13.3. The molecule has 0 aromatic heterocycles. The van der Waals surface area contributed by atoms with E-state index in [0.29, 0.717) is 10.1 Å². The number of allylic oxidation sites excluding steroid dienone is 2. The zero-order chi connectivity index (χ0) is 15.9. The molecule has 0 N–H and O–H groups in total. The van der Waals surface area contributed by atoms with Crippen molar-refractivity contribution in [2.45, 2.75) is 91.7 Å². The average molecular weight is 300 g/mol. The summed E-state index contributed by atoms with van der Waals surface area (Å²) in [7, 11) is -3.07. The third-order valence-corrected chi connectivity index (χ3v) is 19.2. The Hall–Kier alpha value is -0.0262. The molecule has 0 unspecified atom stereocenters. The second-order valence-electron chi connectivity index (χ2n) is 8.88. The van der Waals surface area contributed by atoms with E-state index in [9.17, 15) is 0 Å². The highest BCUT2D eigenvalue weighted by Crippen LogP contribution is 2.48. The normalized spacial score (nSPS) is 15.7. The SMILES string of the molecule is CC=C(C)N([Si](C)(C)C(C)(C)C)[Si](C)(C)C(C)(C)C. The fraction of sp³-hybridized carbons (Fsp3) is 0.875. The molecule has 0 amide bonds. The molecule has 0 aromatic carbocycles. The van der Waals surface area contributed by atoms with Gasteiger partial charge in [-0.05, 0) is 29.6 Å². The molecule has 1 nitrogen and oxygen atoms in total. The van der Waals surface area contributed by atoms with Crippen molar-refractivity contribution < 1.29 is 0 Å². The summed E-state index contributed by atoms with van der Waals surface area (Å²) in [5.74, 6) is 0. The Kier molecular flexibility index (Phi) is 5.39. The summed E-state index contributed by atoms with van der Waals surface area (Å²) in [6.45, 7) is 29.2. The summed E-state index contributed by atoms with van der Waals surface area (Å²) < 4.78 is 2.90. The smallest absolute Gasteiger partial charge is 0.146 e. The number of hydrogen-bond acceptors (Lipinski definition) is 1. The van der Waals surface area contributed by atoms with Gasteiger partial charge in [0.05, 0.1) is 0 Å². The second kappa shape index (κ2) is 5.40. The monoisotopic (exact) mass is 299 g/mol. The van der Waals surface area contributed by atoms with Crippen LogP contribution in [0.3, 0.4) is 0 Å². The molecule has 0 atom stereocenters. The molecular weight excluding hydrogens is 262 g/mol. The first-order valence-corrected chi connectivity index (χ1v) is 13.4. The molecule has 0 aliphatic carbocycles. The van der Waals surface area contributed by atoms with E-state index in [-0.39, 0.29) is 0 Å². The molecule has 0 radical (unpaired) electrons. The van der Waals surface area contributed by atoms with E-state index in [0.717, 1.165) is 0 Å². The highest BCUT2D eigenvalue weighted by atomic mass is 28.4. The Morgan fingerprint density at radius 2 is 1.05 bits per heavy atom. The lowest BCUT2D eigenvalue weighted by atomic mass is 10.2. The molecule has 0 heterocycles. The van der Waals surface area contributed by atoms with Crippen LogP contribution in [0.5, 0.6) is 0 Å². The molecule has 19 heavy (non-hydrogen) atoms. The topological polar surface area (TPSA) is 3.24 Å². The Morgan fingerprint density at radius 3 is 1.21 bits per heavy atom. The molecule has 0 aliphatic rings. The molecule has 0 rings (SSSR count). The molecule has 0 fully saturated rings. The summed E-state index contributed by atoms with van der Waals surface area (Å²) in [6.07, 6.45) is 2.31. The van der Waals surface area contributed by atoms with E-state index in [1.807, 2.05) is 0 Å². The Balaban J connectivity index is 6.04. The first-order valence-electron chi connectivity index (χ1n) is 7.54. The van der Waals surface area contributed by atoms with Crippen LogP contribution in [0.25, 0.3) is 0 Å². The highest BCUT2D eigenvalue weighted by Gasteiger charge is 2.51. The van der Waals surface area contributed by atoms with Gasteiger partial charge in [0, 0.05) is 0 Å². The number of rotatable bonds is 3. The number of hydrogen-bond donors (Lipinski definition) is 0. The van der Waals surface area contributed by atoms with Gasteiger partial charge in [-0.15, -0.1) is 0 Å². The van der Waals surface area contributed by atoms with Crippen molar-refractivity contribution in [2.24, 2.45) is 0 Å². The van der Waals surface area contributed by atoms with Crippen molar-refractivity contribution in [3.8, 4) is 0 Å². The maximum absolute atomic E-state index is 2.90. The zero-order valence-corrected chi connectivity index (χ0v) is 17.5. The van der Waals surface area contributed by atoms with Gasteiger partial charge in [-0.25, -0.2) is 0 Å². The highest BCUT2D eigenvalue weighted by molar-refractivity contribution is 6.93. The lowest BCUT2D eigenvalue weighted by Crippen LogP contribution is -2.67. The second-order valence-corrected chi connectivity index (χ2v) is 19.5. The Morgan fingerprint density at radius 1 is 0.789 bits per heavy atom. The molecule has 0 saturated heterocycles. The summed E-state index contributed by atoms with van der Waals surface area (Å²) in [6, 6.07) is 0. The largest absolute Gasteiger partial charge is 0.427 e. The summed E-state index contributed by atoms with van der Waals surface area (Å²) in [5, 5.41) is 0.763. The van der Waals surface area contributed by atoms with Crippen molar-refractivity contribution in [1.29, 1.82) is 0 Å². The van der Waals surface area contributed by atoms with E-state index < -0.39 is 16.5 Å². The van der Waals surface area contributed by atoms with E-state index in [2.05, 4.69) is 91.9 Å².